The van der Waals surface area contributed by atoms with Crippen LogP contribution >= 0.6 is 0 Å². The van der Waals surface area contributed by atoms with Crippen LogP contribution in [0.1, 0.15) is 19.3 Å². The monoisotopic (exact) mass is 171 g/mol. The SMILES string of the molecule is C[N+](C)(C)CCCCC=CCN. The van der Waals surface area contributed by atoms with Gasteiger partial charge in [0, 0.05) is 6.54 Å². The Hall–Kier alpha value is -0.340. The third kappa shape index (κ3) is 9.66. The predicted octanol–water partition coefficient (Wildman–Crippen LogP) is 1.38. The van der Waals surface area contributed by atoms with Gasteiger partial charge in [-0.3, -0.25) is 0 Å². The summed E-state index contributed by atoms with van der Waals surface area (Å²) in [7, 11) is 6.70. The van der Waals surface area contributed by atoms with Crippen LogP contribution in [0.15, 0.2) is 12.2 Å². The highest BCUT2D eigenvalue weighted by Gasteiger charge is 2.04. The minimum Gasteiger partial charge on any atom is -0.331 e. The third-order valence-corrected chi connectivity index (χ3v) is 1.75. The molecule has 0 bridgehead atoms. The maximum atomic E-state index is 5.32. The summed E-state index contributed by atoms with van der Waals surface area (Å²) < 4.78 is 1.07. The molecule has 2 nitrogen and oxygen atoms in total. The van der Waals surface area contributed by atoms with Crippen molar-refractivity contribution < 1.29 is 4.48 Å². The van der Waals surface area contributed by atoms with E-state index in [1.165, 1.54) is 25.8 Å². The molecule has 72 valence electrons. The molecular formula is C10H23N2+. The minimum atomic E-state index is 0.676. The molecular weight excluding hydrogens is 148 g/mol. The number of nitrogens with two attached hydrogens (primary N) is 1. The van der Waals surface area contributed by atoms with Crippen LogP contribution < -0.4 is 5.73 Å². The van der Waals surface area contributed by atoms with E-state index in [1.54, 1.807) is 0 Å². The molecule has 0 unspecified atom stereocenters. The van der Waals surface area contributed by atoms with Gasteiger partial charge in [0.1, 0.15) is 0 Å². The molecule has 0 saturated carbocycles. The van der Waals surface area contributed by atoms with Gasteiger partial charge in [-0.05, 0) is 19.3 Å². The van der Waals surface area contributed by atoms with Crippen molar-refractivity contribution in [2.45, 2.75) is 19.3 Å². The second-order valence-electron chi connectivity index (χ2n) is 4.22. The molecule has 2 N–H and O–H groups in total. The molecule has 0 aromatic heterocycles. The minimum absolute atomic E-state index is 0.676. The topological polar surface area (TPSA) is 26.0 Å². The van der Waals surface area contributed by atoms with Gasteiger partial charge in [-0.2, -0.15) is 0 Å². The quantitative estimate of drug-likeness (QED) is 0.365. The van der Waals surface area contributed by atoms with Crippen molar-refractivity contribution >= 4 is 0 Å². The van der Waals surface area contributed by atoms with Crippen LogP contribution in [0.3, 0.4) is 0 Å². The Balaban J connectivity index is 3.17. The van der Waals surface area contributed by atoms with E-state index in [0.717, 1.165) is 4.48 Å². The van der Waals surface area contributed by atoms with Gasteiger partial charge in [-0.1, -0.05) is 12.2 Å². The van der Waals surface area contributed by atoms with Gasteiger partial charge in [-0.25, -0.2) is 0 Å². The molecule has 0 rings (SSSR count). The molecule has 0 spiro atoms. The molecule has 0 amide bonds. The smallest absolute Gasteiger partial charge is 0.0780 e. The summed E-state index contributed by atoms with van der Waals surface area (Å²) in [5, 5.41) is 0. The third-order valence-electron chi connectivity index (χ3n) is 1.75. The lowest BCUT2D eigenvalue weighted by atomic mass is 10.2. The Labute approximate surface area is 76.6 Å². The molecule has 0 atom stereocenters. The summed E-state index contributed by atoms with van der Waals surface area (Å²) >= 11 is 0. The van der Waals surface area contributed by atoms with Gasteiger partial charge in [0.15, 0.2) is 0 Å². The number of rotatable bonds is 6. The van der Waals surface area contributed by atoms with Gasteiger partial charge in [0.25, 0.3) is 0 Å². The molecule has 0 aromatic carbocycles. The van der Waals surface area contributed by atoms with Crippen LogP contribution in [0.25, 0.3) is 0 Å². The zero-order valence-corrected chi connectivity index (χ0v) is 8.71. The van der Waals surface area contributed by atoms with E-state index >= 15 is 0 Å². The summed E-state index contributed by atoms with van der Waals surface area (Å²) in [6.07, 6.45) is 7.98. The van der Waals surface area contributed by atoms with Gasteiger partial charge in [0.05, 0.1) is 27.7 Å². The van der Waals surface area contributed by atoms with E-state index in [-0.39, 0.29) is 0 Å². The Kier molecular flexibility index (Phi) is 6.03. The van der Waals surface area contributed by atoms with E-state index < -0.39 is 0 Å². The molecule has 2 heteroatoms. The van der Waals surface area contributed by atoms with Gasteiger partial charge in [-0.15, -0.1) is 0 Å². The number of quaternary nitrogens is 1. The lowest BCUT2D eigenvalue weighted by Gasteiger charge is -2.23. The molecule has 0 radical (unpaired) electrons. The molecule has 0 aromatic rings. The van der Waals surface area contributed by atoms with Crippen LogP contribution in [0.5, 0.6) is 0 Å². The number of nitrogens with zero attached hydrogens (tertiary/aromatic N) is 1. The fraction of sp³-hybridized carbons (Fsp3) is 0.800. The Morgan fingerprint density at radius 2 is 1.75 bits per heavy atom. The molecule has 0 fully saturated rings. The fourth-order valence-electron chi connectivity index (χ4n) is 1.06. The molecule has 0 aliphatic rings. The van der Waals surface area contributed by atoms with Crippen LogP contribution in [0.2, 0.25) is 0 Å². The van der Waals surface area contributed by atoms with Crippen molar-refractivity contribution in [3.63, 3.8) is 0 Å². The maximum absolute atomic E-state index is 5.32. The van der Waals surface area contributed by atoms with Crippen molar-refractivity contribution in [1.82, 2.24) is 0 Å². The average molecular weight is 171 g/mol. The van der Waals surface area contributed by atoms with Crippen LogP contribution in [0.4, 0.5) is 0 Å². The van der Waals surface area contributed by atoms with E-state index in [1.807, 2.05) is 6.08 Å². The van der Waals surface area contributed by atoms with E-state index in [2.05, 4.69) is 27.2 Å². The molecule has 0 aliphatic heterocycles. The first-order chi connectivity index (χ1) is 5.56. The number of hydrogen-bond acceptors (Lipinski definition) is 1. The Morgan fingerprint density at radius 3 is 2.25 bits per heavy atom. The highest BCUT2D eigenvalue weighted by Crippen LogP contribution is 2.00. The lowest BCUT2D eigenvalue weighted by molar-refractivity contribution is -0.870. The summed E-state index contributed by atoms with van der Waals surface area (Å²) in [4.78, 5) is 0. The summed E-state index contributed by atoms with van der Waals surface area (Å²) in [5.74, 6) is 0. The number of allylic oxidation sites excluding steroid dienone is 1. The number of hydrogen-bond donors (Lipinski definition) is 1. The summed E-state index contributed by atoms with van der Waals surface area (Å²) in [6, 6.07) is 0. The van der Waals surface area contributed by atoms with Crippen molar-refractivity contribution in [2.24, 2.45) is 5.73 Å². The van der Waals surface area contributed by atoms with Gasteiger partial charge in [0.2, 0.25) is 0 Å². The van der Waals surface area contributed by atoms with Crippen LogP contribution in [0, 0.1) is 0 Å². The van der Waals surface area contributed by atoms with Gasteiger partial charge >= 0.3 is 0 Å². The van der Waals surface area contributed by atoms with E-state index in [4.69, 9.17) is 5.73 Å². The standard InChI is InChI=1S/C10H23N2/c1-12(2,3)10-8-6-4-5-7-9-11/h5,7H,4,6,8-11H2,1-3H3/q+1. The zero-order chi connectivity index (χ0) is 9.45. The lowest BCUT2D eigenvalue weighted by Crippen LogP contribution is -2.35. The highest BCUT2D eigenvalue weighted by atomic mass is 15.3. The normalized spacial score (nSPS) is 12.7. The largest absolute Gasteiger partial charge is 0.331 e. The molecule has 0 aliphatic carbocycles. The molecule has 0 saturated heterocycles. The second kappa shape index (κ2) is 6.21. The van der Waals surface area contributed by atoms with Crippen LogP contribution in [-0.4, -0.2) is 38.7 Å². The van der Waals surface area contributed by atoms with E-state index in [9.17, 15) is 0 Å². The average Bonchev–Trinajstić information content (AvgIpc) is 1.94. The Bertz CT molecular complexity index is 122. The molecule has 0 heterocycles. The van der Waals surface area contributed by atoms with Gasteiger partial charge < -0.3 is 10.2 Å². The predicted molar refractivity (Wildman–Crippen MR) is 54.9 cm³/mol. The number of unbranched alkanes of at least 4 members (excludes halogenated alkanes) is 2. The molecule has 12 heavy (non-hydrogen) atoms. The Morgan fingerprint density at radius 1 is 1.08 bits per heavy atom. The highest BCUT2D eigenvalue weighted by molar-refractivity contribution is 4.81. The van der Waals surface area contributed by atoms with Crippen LogP contribution in [-0.2, 0) is 0 Å². The summed E-state index contributed by atoms with van der Waals surface area (Å²) in [6.45, 7) is 1.94. The van der Waals surface area contributed by atoms with E-state index in [0.29, 0.717) is 6.54 Å². The van der Waals surface area contributed by atoms with Crippen molar-refractivity contribution in [1.29, 1.82) is 0 Å². The first kappa shape index (κ1) is 11.7. The summed E-state index contributed by atoms with van der Waals surface area (Å²) in [5.41, 5.74) is 5.32. The van der Waals surface area contributed by atoms with Crippen molar-refractivity contribution in [3.05, 3.63) is 12.2 Å². The fourth-order valence-corrected chi connectivity index (χ4v) is 1.06. The maximum Gasteiger partial charge on any atom is 0.0780 e. The zero-order valence-electron chi connectivity index (χ0n) is 8.71. The van der Waals surface area contributed by atoms with Crippen molar-refractivity contribution in [3.8, 4) is 0 Å². The first-order valence-corrected chi connectivity index (χ1v) is 4.72. The first-order valence-electron chi connectivity index (χ1n) is 4.72. The van der Waals surface area contributed by atoms with Crippen molar-refractivity contribution in [2.75, 3.05) is 34.2 Å². The second-order valence-corrected chi connectivity index (χ2v) is 4.22.